The lowest BCUT2D eigenvalue weighted by Gasteiger charge is -2.45. The topological polar surface area (TPSA) is 84.2 Å². The third kappa shape index (κ3) is 5.22. The molecule has 0 N–H and O–H groups in total. The van der Waals surface area contributed by atoms with Crippen LogP contribution in [-0.4, -0.2) is 55.5 Å². The summed E-state index contributed by atoms with van der Waals surface area (Å²) < 4.78 is 31.2. The molecule has 0 radical (unpaired) electrons. The zero-order valence-electron chi connectivity index (χ0n) is 24.9. The number of fused-ring (bicyclic) bond motifs is 1. The molecule has 10 heteroatoms. The number of aryl methyl sites for hydroxylation is 1. The van der Waals surface area contributed by atoms with Crippen molar-refractivity contribution in [1.29, 1.82) is 0 Å². The van der Waals surface area contributed by atoms with Gasteiger partial charge in [0.1, 0.15) is 17.3 Å². The fourth-order valence-electron chi connectivity index (χ4n) is 5.95. The summed E-state index contributed by atoms with van der Waals surface area (Å²) >= 11 is 0. The minimum atomic E-state index is -1.04. The summed E-state index contributed by atoms with van der Waals surface area (Å²) in [4.78, 5) is 43.6. The van der Waals surface area contributed by atoms with Gasteiger partial charge in [-0.15, -0.1) is 0 Å². The van der Waals surface area contributed by atoms with Crippen LogP contribution < -0.4 is 10.6 Å². The molecular formula is C33H34F2N6O2. The zero-order valence-corrected chi connectivity index (χ0v) is 24.9. The number of benzene rings is 1. The van der Waals surface area contributed by atoms with Gasteiger partial charge in [-0.05, 0) is 49.9 Å². The monoisotopic (exact) mass is 584 g/mol. The van der Waals surface area contributed by atoms with Gasteiger partial charge in [0.05, 0.1) is 16.8 Å². The maximum absolute atomic E-state index is 16.1. The number of hydrogen-bond donors (Lipinski definition) is 0. The van der Waals surface area contributed by atoms with E-state index in [-0.39, 0.29) is 48.3 Å². The Kier molecular flexibility index (Phi) is 7.96. The maximum Gasteiger partial charge on any atom is 0.355 e. The van der Waals surface area contributed by atoms with E-state index in [1.54, 1.807) is 24.4 Å². The fourth-order valence-corrected chi connectivity index (χ4v) is 5.95. The minimum Gasteiger partial charge on any atom is -0.347 e. The van der Waals surface area contributed by atoms with E-state index in [0.717, 1.165) is 5.56 Å². The van der Waals surface area contributed by atoms with Crippen molar-refractivity contribution in [1.82, 2.24) is 24.4 Å². The summed E-state index contributed by atoms with van der Waals surface area (Å²) in [5.74, 6) is -2.20. The van der Waals surface area contributed by atoms with Crippen LogP contribution in [0.3, 0.4) is 0 Å². The summed E-state index contributed by atoms with van der Waals surface area (Å²) in [6.45, 7) is 16.9. The van der Waals surface area contributed by atoms with Crippen LogP contribution >= 0.6 is 0 Å². The summed E-state index contributed by atoms with van der Waals surface area (Å²) in [5, 5.41) is 0.322. The number of nitrogens with zero attached hydrogens (tertiary/aromatic N) is 6. The van der Waals surface area contributed by atoms with Crippen molar-refractivity contribution < 1.29 is 13.6 Å². The molecule has 0 bridgehead atoms. The lowest BCUT2D eigenvalue weighted by Crippen LogP contribution is -2.59. The Hall–Kier alpha value is -4.73. The van der Waals surface area contributed by atoms with E-state index in [0.29, 0.717) is 27.9 Å². The standard InChI is InChI=1S/C33H34F2N6O2/c1-8-23-11-9-10-12-24(23)28-26(35)15-25-30(37-28)41(29-19(4)13-14-36-27(29)18(2)3)33(43)38-31(25)40-20(5)16-39(17-21(40)6)32(42)22(7)34/h8-15,18,20-21H,1,7,16-17H2,2-6H3/t20-,21-/m0/s1. The van der Waals surface area contributed by atoms with Crippen LogP contribution in [-0.2, 0) is 4.79 Å². The fraction of sp³-hybridized carbons (Fsp3) is 0.303. The highest BCUT2D eigenvalue weighted by Crippen LogP contribution is 2.35. The predicted molar refractivity (Wildman–Crippen MR) is 165 cm³/mol. The van der Waals surface area contributed by atoms with Gasteiger partial charge in [-0.25, -0.2) is 23.1 Å². The van der Waals surface area contributed by atoms with Gasteiger partial charge in [-0.1, -0.05) is 57.3 Å². The molecule has 1 amide bonds. The van der Waals surface area contributed by atoms with Crippen molar-refractivity contribution in [3.8, 4) is 16.9 Å². The van der Waals surface area contributed by atoms with Crippen LogP contribution in [0.15, 0.2) is 66.4 Å². The van der Waals surface area contributed by atoms with Gasteiger partial charge in [0.15, 0.2) is 11.5 Å². The number of anilines is 1. The molecule has 3 aromatic heterocycles. The van der Waals surface area contributed by atoms with Crippen LogP contribution in [0.4, 0.5) is 14.6 Å². The molecule has 4 heterocycles. The second kappa shape index (κ2) is 11.5. The van der Waals surface area contributed by atoms with Gasteiger partial charge >= 0.3 is 5.69 Å². The molecule has 4 aromatic rings. The first kappa shape index (κ1) is 29.8. The number of halogens is 2. The Labute approximate surface area is 249 Å². The van der Waals surface area contributed by atoms with Gasteiger partial charge in [-0.2, -0.15) is 4.98 Å². The Morgan fingerprint density at radius 2 is 1.79 bits per heavy atom. The quantitative estimate of drug-likeness (QED) is 0.260. The first-order valence-corrected chi connectivity index (χ1v) is 14.2. The molecule has 1 aromatic carbocycles. The summed E-state index contributed by atoms with van der Waals surface area (Å²) in [6.07, 6.45) is 3.32. The molecule has 222 valence electrons. The first-order chi connectivity index (χ1) is 20.4. The number of rotatable bonds is 6. The Bertz CT molecular complexity index is 1820. The molecule has 43 heavy (non-hydrogen) atoms. The Balaban J connectivity index is 1.83. The van der Waals surface area contributed by atoms with Crippen molar-refractivity contribution in [2.24, 2.45) is 0 Å². The number of aromatic nitrogens is 4. The second-order valence-electron chi connectivity index (χ2n) is 11.3. The van der Waals surface area contributed by atoms with Gasteiger partial charge in [0, 0.05) is 36.9 Å². The van der Waals surface area contributed by atoms with E-state index < -0.39 is 23.2 Å². The van der Waals surface area contributed by atoms with Crippen molar-refractivity contribution in [2.45, 2.75) is 52.6 Å². The third-order valence-electron chi connectivity index (χ3n) is 7.84. The number of piperazine rings is 1. The molecule has 0 saturated carbocycles. The molecule has 0 unspecified atom stereocenters. The van der Waals surface area contributed by atoms with E-state index in [1.165, 1.54) is 15.5 Å². The molecule has 2 atom stereocenters. The number of amides is 1. The molecular weight excluding hydrogens is 550 g/mol. The molecule has 0 spiro atoms. The van der Waals surface area contributed by atoms with E-state index in [4.69, 9.17) is 4.98 Å². The van der Waals surface area contributed by atoms with Crippen molar-refractivity contribution in [3.63, 3.8) is 0 Å². The number of hydrogen-bond acceptors (Lipinski definition) is 6. The third-order valence-corrected chi connectivity index (χ3v) is 7.84. The molecule has 1 aliphatic rings. The Morgan fingerprint density at radius 3 is 2.42 bits per heavy atom. The Morgan fingerprint density at radius 1 is 1.12 bits per heavy atom. The number of pyridine rings is 2. The predicted octanol–water partition coefficient (Wildman–Crippen LogP) is 5.97. The van der Waals surface area contributed by atoms with Gasteiger partial charge in [0.2, 0.25) is 0 Å². The van der Waals surface area contributed by atoms with E-state index >= 15 is 4.39 Å². The average Bonchev–Trinajstić information content (AvgIpc) is 2.96. The number of carbonyl (C=O) groups is 1. The first-order valence-electron chi connectivity index (χ1n) is 14.2. The molecule has 5 rings (SSSR count). The highest BCUT2D eigenvalue weighted by Gasteiger charge is 2.35. The average molecular weight is 585 g/mol. The minimum absolute atomic E-state index is 0.0335. The van der Waals surface area contributed by atoms with E-state index in [9.17, 15) is 14.0 Å². The lowest BCUT2D eigenvalue weighted by molar-refractivity contribution is -0.129. The second-order valence-corrected chi connectivity index (χ2v) is 11.3. The molecule has 1 aliphatic heterocycles. The zero-order chi connectivity index (χ0) is 31.2. The largest absolute Gasteiger partial charge is 0.355 e. The van der Waals surface area contributed by atoms with Crippen LogP contribution in [0.1, 0.15) is 50.4 Å². The van der Waals surface area contributed by atoms with Gasteiger partial charge in [-0.3, -0.25) is 9.78 Å². The van der Waals surface area contributed by atoms with Crippen molar-refractivity contribution in [3.05, 3.63) is 94.7 Å². The van der Waals surface area contributed by atoms with Crippen LogP contribution in [0.5, 0.6) is 0 Å². The van der Waals surface area contributed by atoms with E-state index in [1.807, 2.05) is 57.7 Å². The summed E-state index contributed by atoms with van der Waals surface area (Å²) in [6, 6.07) is 9.60. The van der Waals surface area contributed by atoms with Crippen molar-refractivity contribution in [2.75, 3.05) is 18.0 Å². The van der Waals surface area contributed by atoms with Crippen LogP contribution in [0, 0.1) is 12.7 Å². The maximum atomic E-state index is 16.1. The molecule has 0 aliphatic carbocycles. The molecule has 1 fully saturated rings. The molecule has 1 saturated heterocycles. The highest BCUT2D eigenvalue weighted by atomic mass is 19.1. The van der Waals surface area contributed by atoms with Crippen molar-refractivity contribution >= 4 is 28.8 Å². The summed E-state index contributed by atoms with van der Waals surface area (Å²) in [5.41, 5.74) is 2.92. The van der Waals surface area contributed by atoms with E-state index in [2.05, 4.69) is 23.1 Å². The van der Waals surface area contributed by atoms with Crippen LogP contribution in [0.2, 0.25) is 0 Å². The van der Waals surface area contributed by atoms with Crippen LogP contribution in [0.25, 0.3) is 34.1 Å². The smallest absolute Gasteiger partial charge is 0.347 e. The SMILES string of the molecule is C=Cc1ccccc1-c1nc2c(cc1F)c(N1[C@@H](C)CN(C(=O)C(=C)F)C[C@@H]1C)nc(=O)n2-c1c(C)ccnc1C(C)C. The van der Waals surface area contributed by atoms with Gasteiger partial charge in [0.25, 0.3) is 5.91 Å². The lowest BCUT2D eigenvalue weighted by atomic mass is 10.0. The normalized spacial score (nSPS) is 17.0. The number of carbonyl (C=O) groups excluding carboxylic acids is 1. The summed E-state index contributed by atoms with van der Waals surface area (Å²) in [7, 11) is 0. The molecule has 8 nitrogen and oxygen atoms in total. The highest BCUT2D eigenvalue weighted by molar-refractivity contribution is 5.93. The van der Waals surface area contributed by atoms with Gasteiger partial charge < -0.3 is 9.80 Å².